The highest BCUT2D eigenvalue weighted by atomic mass is 35.5. The number of benzene rings is 2. The van der Waals surface area contributed by atoms with Crippen molar-refractivity contribution in [1.82, 2.24) is 0 Å². The van der Waals surface area contributed by atoms with E-state index in [1.54, 1.807) is 24.3 Å². The van der Waals surface area contributed by atoms with E-state index < -0.39 is 28.9 Å². The molecular weight excluding hydrogens is 291 g/mol. The van der Waals surface area contributed by atoms with Crippen LogP contribution in [0.15, 0.2) is 36.4 Å². The van der Waals surface area contributed by atoms with Gasteiger partial charge in [0.1, 0.15) is 0 Å². The number of rotatable bonds is 3. The highest BCUT2D eigenvalue weighted by Crippen LogP contribution is 2.20. The van der Waals surface area contributed by atoms with E-state index in [-0.39, 0.29) is 5.88 Å². The van der Waals surface area contributed by atoms with Crippen molar-refractivity contribution in [2.24, 2.45) is 0 Å². The van der Waals surface area contributed by atoms with Crippen LogP contribution in [0.1, 0.15) is 15.9 Å². The number of hydrogen-bond acceptors (Lipinski definition) is 1. The molecule has 0 radical (unpaired) electrons. The first kappa shape index (κ1) is 14.4. The van der Waals surface area contributed by atoms with Crippen LogP contribution >= 0.6 is 11.6 Å². The summed E-state index contributed by atoms with van der Waals surface area (Å²) in [5.41, 5.74) is 0.440. The van der Waals surface area contributed by atoms with Crippen molar-refractivity contribution in [3.8, 4) is 0 Å². The third kappa shape index (κ3) is 2.77. The van der Waals surface area contributed by atoms with Gasteiger partial charge in [-0.15, -0.1) is 11.6 Å². The molecule has 0 heterocycles. The zero-order valence-corrected chi connectivity index (χ0v) is 10.8. The Morgan fingerprint density at radius 1 is 1.05 bits per heavy atom. The lowest BCUT2D eigenvalue weighted by molar-refractivity contribution is 0.102. The van der Waals surface area contributed by atoms with Crippen LogP contribution in [0.25, 0.3) is 0 Å². The van der Waals surface area contributed by atoms with Crippen LogP contribution in [0.4, 0.5) is 18.9 Å². The van der Waals surface area contributed by atoms with Crippen molar-refractivity contribution in [3.63, 3.8) is 0 Å². The minimum atomic E-state index is -1.68. The minimum Gasteiger partial charge on any atom is -0.322 e. The molecule has 104 valence electrons. The van der Waals surface area contributed by atoms with Crippen LogP contribution in [0.5, 0.6) is 0 Å². The Balaban J connectivity index is 2.31. The predicted octanol–water partition coefficient (Wildman–Crippen LogP) is 4.10. The Hall–Kier alpha value is -2.01. The van der Waals surface area contributed by atoms with Crippen molar-refractivity contribution in [2.45, 2.75) is 5.88 Å². The summed E-state index contributed by atoms with van der Waals surface area (Å²) in [5.74, 6) is -5.27. The molecule has 20 heavy (non-hydrogen) atoms. The summed E-state index contributed by atoms with van der Waals surface area (Å²) in [6, 6.07) is 8.23. The van der Waals surface area contributed by atoms with E-state index in [0.29, 0.717) is 17.3 Å². The van der Waals surface area contributed by atoms with Gasteiger partial charge in [0, 0.05) is 11.6 Å². The van der Waals surface area contributed by atoms with Gasteiger partial charge >= 0.3 is 0 Å². The maximum atomic E-state index is 13.5. The SMILES string of the molecule is O=C(Nc1ccccc1CCl)c1ccc(F)c(F)c1F. The standard InChI is InChI=1S/C14H9ClF3NO/c15-7-8-3-1-2-4-11(8)19-14(20)9-5-6-10(16)13(18)12(9)17/h1-6H,7H2,(H,19,20). The van der Waals surface area contributed by atoms with E-state index in [1.807, 2.05) is 0 Å². The maximum Gasteiger partial charge on any atom is 0.258 e. The number of alkyl halides is 1. The van der Waals surface area contributed by atoms with Gasteiger partial charge in [0.25, 0.3) is 5.91 Å². The number of nitrogens with one attached hydrogen (secondary N) is 1. The largest absolute Gasteiger partial charge is 0.322 e. The molecule has 0 aliphatic carbocycles. The van der Waals surface area contributed by atoms with Crippen LogP contribution < -0.4 is 5.32 Å². The monoisotopic (exact) mass is 299 g/mol. The first-order valence-electron chi connectivity index (χ1n) is 5.63. The number of halogens is 4. The quantitative estimate of drug-likeness (QED) is 0.671. The van der Waals surface area contributed by atoms with Gasteiger partial charge in [0.2, 0.25) is 0 Å². The van der Waals surface area contributed by atoms with Gasteiger partial charge in [-0.1, -0.05) is 18.2 Å². The zero-order valence-electron chi connectivity index (χ0n) is 10.1. The Bertz CT molecular complexity index is 661. The molecule has 0 aromatic heterocycles. The van der Waals surface area contributed by atoms with Gasteiger partial charge in [0.05, 0.1) is 5.56 Å². The molecule has 0 bridgehead atoms. The number of hydrogen-bond donors (Lipinski definition) is 1. The number of carbonyl (C=O) groups excluding carboxylic acids is 1. The second kappa shape index (κ2) is 5.96. The van der Waals surface area contributed by atoms with Gasteiger partial charge in [0.15, 0.2) is 17.5 Å². The van der Waals surface area contributed by atoms with Gasteiger partial charge < -0.3 is 5.32 Å². The number of anilines is 1. The zero-order chi connectivity index (χ0) is 14.7. The summed E-state index contributed by atoms with van der Waals surface area (Å²) >= 11 is 5.70. The fourth-order valence-electron chi connectivity index (χ4n) is 1.65. The molecule has 1 amide bonds. The molecule has 1 N–H and O–H groups in total. The highest BCUT2D eigenvalue weighted by molar-refractivity contribution is 6.17. The van der Waals surface area contributed by atoms with E-state index in [2.05, 4.69) is 5.32 Å². The molecule has 0 aliphatic heterocycles. The van der Waals surface area contributed by atoms with Gasteiger partial charge in [-0.05, 0) is 23.8 Å². The average Bonchev–Trinajstić information content (AvgIpc) is 2.45. The van der Waals surface area contributed by atoms with E-state index in [1.165, 1.54) is 0 Å². The summed E-state index contributed by atoms with van der Waals surface area (Å²) in [6.45, 7) is 0. The lowest BCUT2D eigenvalue weighted by Crippen LogP contribution is -2.16. The van der Waals surface area contributed by atoms with Crippen molar-refractivity contribution in [2.75, 3.05) is 5.32 Å². The third-order valence-electron chi connectivity index (χ3n) is 2.69. The molecule has 0 spiro atoms. The summed E-state index contributed by atoms with van der Waals surface area (Å²) in [7, 11) is 0. The normalized spacial score (nSPS) is 10.4. The van der Waals surface area contributed by atoms with Crippen molar-refractivity contribution in [1.29, 1.82) is 0 Å². The van der Waals surface area contributed by atoms with Crippen molar-refractivity contribution >= 4 is 23.2 Å². The Morgan fingerprint density at radius 2 is 1.75 bits per heavy atom. The summed E-state index contributed by atoms with van der Waals surface area (Å²) in [5, 5.41) is 2.41. The molecular formula is C14H9ClF3NO. The first-order chi connectivity index (χ1) is 9.54. The topological polar surface area (TPSA) is 29.1 Å². The van der Waals surface area contributed by atoms with Crippen LogP contribution in [0.2, 0.25) is 0 Å². The Kier molecular flexibility index (Phi) is 4.29. The summed E-state index contributed by atoms with van der Waals surface area (Å²) in [6.07, 6.45) is 0. The van der Waals surface area contributed by atoms with Gasteiger partial charge in [-0.3, -0.25) is 4.79 Å². The molecule has 0 unspecified atom stereocenters. The van der Waals surface area contributed by atoms with E-state index in [4.69, 9.17) is 11.6 Å². The lowest BCUT2D eigenvalue weighted by Gasteiger charge is -2.10. The minimum absolute atomic E-state index is 0.150. The van der Waals surface area contributed by atoms with Crippen LogP contribution in [0.3, 0.4) is 0 Å². The molecule has 6 heteroatoms. The molecule has 2 aromatic carbocycles. The number of carbonyl (C=O) groups is 1. The molecule has 2 rings (SSSR count). The van der Waals surface area contributed by atoms with Gasteiger partial charge in [-0.25, -0.2) is 13.2 Å². The fraction of sp³-hybridized carbons (Fsp3) is 0.0714. The Labute approximate surface area is 118 Å². The smallest absolute Gasteiger partial charge is 0.258 e. The van der Waals surface area contributed by atoms with E-state index in [9.17, 15) is 18.0 Å². The van der Waals surface area contributed by atoms with Crippen molar-refractivity contribution in [3.05, 3.63) is 65.0 Å². The second-order valence-electron chi connectivity index (χ2n) is 3.97. The maximum absolute atomic E-state index is 13.5. The summed E-state index contributed by atoms with van der Waals surface area (Å²) < 4.78 is 39.4. The fourth-order valence-corrected chi connectivity index (χ4v) is 1.88. The molecule has 0 aliphatic rings. The predicted molar refractivity (Wildman–Crippen MR) is 70.3 cm³/mol. The van der Waals surface area contributed by atoms with Crippen molar-refractivity contribution < 1.29 is 18.0 Å². The lowest BCUT2D eigenvalue weighted by atomic mass is 10.1. The molecule has 0 fully saturated rings. The molecule has 2 nitrogen and oxygen atoms in total. The molecule has 0 saturated carbocycles. The van der Waals surface area contributed by atoms with Crippen LogP contribution in [0, 0.1) is 17.5 Å². The Morgan fingerprint density at radius 3 is 2.45 bits per heavy atom. The van der Waals surface area contributed by atoms with Crippen LogP contribution in [-0.2, 0) is 5.88 Å². The van der Waals surface area contributed by atoms with E-state index in [0.717, 1.165) is 6.07 Å². The highest BCUT2D eigenvalue weighted by Gasteiger charge is 2.19. The molecule has 0 saturated heterocycles. The van der Waals surface area contributed by atoms with E-state index >= 15 is 0 Å². The second-order valence-corrected chi connectivity index (χ2v) is 4.24. The third-order valence-corrected chi connectivity index (χ3v) is 2.98. The van der Waals surface area contributed by atoms with Crippen LogP contribution in [-0.4, -0.2) is 5.91 Å². The number of para-hydroxylation sites is 1. The average molecular weight is 300 g/mol. The first-order valence-corrected chi connectivity index (χ1v) is 6.16. The summed E-state index contributed by atoms with van der Waals surface area (Å²) in [4.78, 5) is 11.9. The molecule has 2 aromatic rings. The number of amides is 1. The van der Waals surface area contributed by atoms with Gasteiger partial charge in [-0.2, -0.15) is 0 Å². The molecule has 0 atom stereocenters.